The van der Waals surface area contributed by atoms with Crippen LogP contribution in [0.1, 0.15) is 11.4 Å². The molecule has 7 nitrogen and oxygen atoms in total. The van der Waals surface area contributed by atoms with E-state index in [4.69, 9.17) is 0 Å². The van der Waals surface area contributed by atoms with Gasteiger partial charge in [0.2, 0.25) is 5.91 Å². The molecule has 4 aromatic heterocycles. The van der Waals surface area contributed by atoms with E-state index in [0.717, 1.165) is 27.7 Å². The van der Waals surface area contributed by atoms with Crippen LogP contribution in [0.25, 0.3) is 27.8 Å². The van der Waals surface area contributed by atoms with Gasteiger partial charge in [0, 0.05) is 28.0 Å². The Hall–Kier alpha value is -3.52. The lowest BCUT2D eigenvalue weighted by atomic mass is 10.1. The van der Waals surface area contributed by atoms with E-state index in [1.54, 1.807) is 15.9 Å². The lowest BCUT2D eigenvalue weighted by Gasteiger charge is -2.04. The molecule has 0 fully saturated rings. The summed E-state index contributed by atoms with van der Waals surface area (Å²) in [4.78, 5) is 15.6. The molecule has 5 aromatic rings. The summed E-state index contributed by atoms with van der Waals surface area (Å²) in [7, 11) is 0. The zero-order chi connectivity index (χ0) is 18.9. The Morgan fingerprint density at radius 3 is 2.96 bits per heavy atom. The second-order valence-corrected chi connectivity index (χ2v) is 7.21. The lowest BCUT2D eigenvalue weighted by molar-refractivity contribution is -0.120. The topological polar surface area (TPSA) is 88.0 Å². The van der Waals surface area contributed by atoms with Crippen LogP contribution in [0.4, 0.5) is 0 Å². The van der Waals surface area contributed by atoms with Gasteiger partial charge in [0.25, 0.3) is 0 Å². The number of carbonyl (C=O) groups excluding carboxylic acids is 1. The summed E-state index contributed by atoms with van der Waals surface area (Å²) in [6.45, 7) is 0.266. The van der Waals surface area contributed by atoms with Crippen LogP contribution in [-0.2, 0) is 17.8 Å². The smallest absolute Gasteiger partial charge is 0.224 e. The lowest BCUT2D eigenvalue weighted by Crippen LogP contribution is -2.25. The van der Waals surface area contributed by atoms with Gasteiger partial charge >= 0.3 is 0 Å². The summed E-state index contributed by atoms with van der Waals surface area (Å²) < 4.78 is 1.68. The van der Waals surface area contributed by atoms with Crippen LogP contribution in [0, 0.1) is 0 Å². The molecule has 4 heterocycles. The van der Waals surface area contributed by atoms with Crippen LogP contribution in [0.15, 0.2) is 59.4 Å². The molecule has 0 unspecified atom stereocenters. The van der Waals surface area contributed by atoms with Gasteiger partial charge in [-0.25, -0.2) is 0 Å². The van der Waals surface area contributed by atoms with E-state index in [2.05, 4.69) is 25.6 Å². The molecule has 0 aliphatic heterocycles. The van der Waals surface area contributed by atoms with Gasteiger partial charge in [-0.1, -0.05) is 18.2 Å². The molecule has 0 aliphatic rings. The number of aromatic nitrogens is 5. The normalized spacial score (nSPS) is 11.3. The van der Waals surface area contributed by atoms with E-state index >= 15 is 0 Å². The maximum absolute atomic E-state index is 12.4. The molecular weight excluding hydrogens is 372 g/mol. The third-order valence-electron chi connectivity index (χ3n) is 4.61. The number of fused-ring (bicyclic) bond motifs is 2. The van der Waals surface area contributed by atoms with Crippen LogP contribution in [0.5, 0.6) is 0 Å². The second-order valence-electron chi connectivity index (χ2n) is 6.43. The molecule has 0 spiro atoms. The van der Waals surface area contributed by atoms with Gasteiger partial charge in [-0.3, -0.25) is 4.79 Å². The number of nitrogens with one attached hydrogen (secondary N) is 2. The highest BCUT2D eigenvalue weighted by atomic mass is 32.1. The minimum Gasteiger partial charge on any atom is -0.361 e. The fourth-order valence-corrected chi connectivity index (χ4v) is 3.85. The zero-order valence-electron chi connectivity index (χ0n) is 14.8. The maximum Gasteiger partial charge on any atom is 0.224 e. The number of rotatable bonds is 5. The molecule has 2 N–H and O–H groups in total. The van der Waals surface area contributed by atoms with Gasteiger partial charge in [-0.15, -0.1) is 10.2 Å². The van der Waals surface area contributed by atoms with Gasteiger partial charge in [0.1, 0.15) is 0 Å². The van der Waals surface area contributed by atoms with E-state index in [9.17, 15) is 4.79 Å². The third-order valence-corrected chi connectivity index (χ3v) is 5.30. The molecule has 0 aliphatic carbocycles. The highest BCUT2D eigenvalue weighted by Crippen LogP contribution is 2.20. The summed E-state index contributed by atoms with van der Waals surface area (Å²) in [6.07, 6.45) is 2.18. The van der Waals surface area contributed by atoms with Crippen LogP contribution < -0.4 is 5.32 Å². The number of amides is 1. The number of para-hydroxylation sites is 1. The Morgan fingerprint density at radius 1 is 1.14 bits per heavy atom. The summed E-state index contributed by atoms with van der Waals surface area (Å²) in [5.41, 5.74) is 4.55. The first-order chi connectivity index (χ1) is 13.8. The molecule has 0 atom stereocenters. The molecule has 8 heteroatoms. The number of benzene rings is 1. The average molecular weight is 388 g/mol. The standard InChI is InChI=1S/C20H16N6OS/c27-20(9-14-10-21-17-4-2-1-3-15(14)17)22-11-19-24-23-18-6-5-16(25-26(18)19)13-7-8-28-12-13/h1-8,10,12,21H,9,11H2,(H,22,27). The second kappa shape index (κ2) is 6.90. The molecular formula is C20H16N6OS. The Balaban J connectivity index is 1.32. The van der Waals surface area contributed by atoms with Crippen molar-refractivity contribution in [2.24, 2.45) is 0 Å². The molecule has 138 valence electrons. The number of thiophene rings is 1. The van der Waals surface area contributed by atoms with Crippen LogP contribution >= 0.6 is 11.3 Å². The minimum absolute atomic E-state index is 0.0736. The summed E-state index contributed by atoms with van der Waals surface area (Å²) in [6, 6.07) is 13.8. The number of carbonyl (C=O) groups is 1. The SMILES string of the molecule is O=C(Cc1c[nH]c2ccccc12)NCc1nnc2ccc(-c3ccsc3)nn12. The van der Waals surface area contributed by atoms with Crippen LogP contribution in [0.3, 0.4) is 0 Å². The van der Waals surface area contributed by atoms with Crippen molar-refractivity contribution < 1.29 is 4.79 Å². The number of nitrogens with zero attached hydrogens (tertiary/aromatic N) is 4. The van der Waals surface area contributed by atoms with Gasteiger partial charge in [0.05, 0.1) is 18.7 Å². The average Bonchev–Trinajstić information content (AvgIpc) is 3.46. The monoisotopic (exact) mass is 388 g/mol. The van der Waals surface area contributed by atoms with E-state index in [-0.39, 0.29) is 12.5 Å². The molecule has 5 rings (SSSR count). The summed E-state index contributed by atoms with van der Waals surface area (Å²) in [5.74, 6) is 0.523. The number of hydrogen-bond donors (Lipinski definition) is 2. The minimum atomic E-state index is -0.0736. The van der Waals surface area contributed by atoms with E-state index < -0.39 is 0 Å². The molecule has 1 aromatic carbocycles. The number of H-pyrrole nitrogens is 1. The predicted octanol–water partition coefficient (Wildman–Crippen LogP) is 3.19. The van der Waals surface area contributed by atoms with E-state index in [1.807, 2.05) is 59.4 Å². The van der Waals surface area contributed by atoms with Gasteiger partial charge in [-0.05, 0) is 35.2 Å². The highest BCUT2D eigenvalue weighted by Gasteiger charge is 2.12. The largest absolute Gasteiger partial charge is 0.361 e. The molecule has 0 saturated heterocycles. The van der Waals surface area contributed by atoms with Crippen molar-refractivity contribution in [3.8, 4) is 11.3 Å². The third kappa shape index (κ3) is 3.03. The zero-order valence-corrected chi connectivity index (χ0v) is 15.6. The van der Waals surface area contributed by atoms with E-state index in [0.29, 0.717) is 17.9 Å². The molecule has 28 heavy (non-hydrogen) atoms. The number of aromatic amines is 1. The van der Waals surface area contributed by atoms with Crippen molar-refractivity contribution in [3.05, 3.63) is 70.8 Å². The Morgan fingerprint density at radius 2 is 2.07 bits per heavy atom. The van der Waals surface area contributed by atoms with Crippen molar-refractivity contribution >= 4 is 33.8 Å². The van der Waals surface area contributed by atoms with Gasteiger partial charge in [-0.2, -0.15) is 21.0 Å². The van der Waals surface area contributed by atoms with Crippen molar-refractivity contribution in [1.82, 2.24) is 30.1 Å². The predicted molar refractivity (Wildman–Crippen MR) is 108 cm³/mol. The highest BCUT2D eigenvalue weighted by molar-refractivity contribution is 7.08. The first-order valence-electron chi connectivity index (χ1n) is 8.83. The fraction of sp³-hybridized carbons (Fsp3) is 0.100. The summed E-state index contributed by atoms with van der Waals surface area (Å²) >= 11 is 1.62. The molecule has 0 saturated carbocycles. The van der Waals surface area contributed by atoms with Crippen molar-refractivity contribution in [2.45, 2.75) is 13.0 Å². The summed E-state index contributed by atoms with van der Waals surface area (Å²) in [5, 5.41) is 21.0. The molecule has 0 radical (unpaired) electrons. The van der Waals surface area contributed by atoms with Crippen molar-refractivity contribution in [3.63, 3.8) is 0 Å². The van der Waals surface area contributed by atoms with Gasteiger partial charge < -0.3 is 10.3 Å². The van der Waals surface area contributed by atoms with E-state index in [1.165, 1.54) is 0 Å². The van der Waals surface area contributed by atoms with Crippen molar-refractivity contribution in [2.75, 3.05) is 0 Å². The first kappa shape index (κ1) is 16.6. The fourth-order valence-electron chi connectivity index (χ4n) is 3.20. The van der Waals surface area contributed by atoms with Crippen LogP contribution in [0.2, 0.25) is 0 Å². The van der Waals surface area contributed by atoms with Crippen LogP contribution in [-0.4, -0.2) is 30.7 Å². The van der Waals surface area contributed by atoms with Crippen molar-refractivity contribution in [1.29, 1.82) is 0 Å². The molecule has 1 amide bonds. The Labute approximate surface area is 164 Å². The number of hydrogen-bond acceptors (Lipinski definition) is 5. The van der Waals surface area contributed by atoms with Gasteiger partial charge in [0.15, 0.2) is 11.5 Å². The molecule has 0 bridgehead atoms. The quantitative estimate of drug-likeness (QED) is 0.484. The Kier molecular flexibility index (Phi) is 4.10. The maximum atomic E-state index is 12.4. The first-order valence-corrected chi connectivity index (χ1v) is 9.78. The Bertz CT molecular complexity index is 1270.